The van der Waals surface area contributed by atoms with E-state index in [9.17, 15) is 4.79 Å². The quantitative estimate of drug-likeness (QED) is 0.455. The van der Waals surface area contributed by atoms with Crippen LogP contribution >= 0.6 is 0 Å². The first-order valence-electron chi connectivity index (χ1n) is 1.69. The van der Waals surface area contributed by atoms with Crippen molar-refractivity contribution in [3.05, 3.63) is 6.92 Å². The van der Waals surface area contributed by atoms with Gasteiger partial charge in [-0.3, -0.25) is 4.79 Å². The van der Waals surface area contributed by atoms with Crippen molar-refractivity contribution in [3.8, 4) is 0 Å². The minimum absolute atomic E-state index is 0.220. The van der Waals surface area contributed by atoms with E-state index in [0.717, 1.165) is 0 Å². The van der Waals surface area contributed by atoms with Crippen LogP contribution in [0, 0.1) is 6.92 Å². The Bertz CT molecular complexity index is 40.8. The van der Waals surface area contributed by atoms with E-state index < -0.39 is 0 Å². The summed E-state index contributed by atoms with van der Waals surface area (Å²) in [6.07, 6.45) is -0.220. The molecule has 35 valence electrons. The van der Waals surface area contributed by atoms with E-state index in [4.69, 9.17) is 0 Å². The van der Waals surface area contributed by atoms with Gasteiger partial charge in [-0.25, -0.2) is 0 Å². The maximum absolute atomic E-state index is 9.35. The minimum Gasteiger partial charge on any atom is -0.465 e. The number of hydrogen-bond donors (Lipinski definition) is 0. The highest BCUT2D eigenvalue weighted by atomic mass is 16.5. The van der Waals surface area contributed by atoms with Crippen LogP contribution < -0.4 is 0 Å². The van der Waals surface area contributed by atoms with Gasteiger partial charge in [0.25, 0.3) is 6.47 Å². The summed E-state index contributed by atoms with van der Waals surface area (Å²) in [4.78, 5) is 9.35. The lowest BCUT2D eigenvalue weighted by molar-refractivity contribution is -0.130. The van der Waals surface area contributed by atoms with Crippen LogP contribution in [0.2, 0.25) is 0 Å². The molecule has 1 radical (unpaired) electrons. The maximum Gasteiger partial charge on any atom is 0.293 e. The summed E-state index contributed by atoms with van der Waals surface area (Å²) in [6, 6.07) is 0. The van der Waals surface area contributed by atoms with Crippen LogP contribution in [-0.4, -0.2) is 12.6 Å². The molecule has 0 fully saturated rings. The molecule has 6 heavy (non-hydrogen) atoms. The highest BCUT2D eigenvalue weighted by Gasteiger charge is 1.83. The Morgan fingerprint density at radius 2 is 2.50 bits per heavy atom. The molecule has 1 unspecified atom stereocenters. The minimum atomic E-state index is -0.220. The van der Waals surface area contributed by atoms with E-state index in [1.54, 1.807) is 6.92 Å². The average Bonchev–Trinajstić information content (AvgIpc) is 1.35. The smallest absolute Gasteiger partial charge is 0.293 e. The monoisotopic (exact) mass is 87.0 g/mol. The third kappa shape index (κ3) is 3.47. The predicted octanol–water partition coefficient (Wildman–Crippen LogP) is 0.382. The highest BCUT2D eigenvalue weighted by molar-refractivity contribution is 5.37. The first kappa shape index (κ1) is 5.47. The van der Waals surface area contributed by atoms with Crippen molar-refractivity contribution in [2.45, 2.75) is 13.0 Å². The summed E-state index contributed by atoms with van der Waals surface area (Å²) in [5.41, 5.74) is 0. The lowest BCUT2D eigenvalue weighted by Gasteiger charge is -1.95. The number of carbonyl (C=O) groups excluding carboxylic acids is 1. The Hall–Kier alpha value is -0.530. The van der Waals surface area contributed by atoms with Gasteiger partial charge in [0.2, 0.25) is 0 Å². The summed E-state index contributed by atoms with van der Waals surface area (Å²) < 4.78 is 4.25. The molecule has 0 aromatic heterocycles. The van der Waals surface area contributed by atoms with Gasteiger partial charge in [0, 0.05) is 0 Å². The molecule has 0 saturated carbocycles. The third-order valence-electron chi connectivity index (χ3n) is 0.288. The molecule has 0 saturated heterocycles. The molecule has 0 spiro atoms. The van der Waals surface area contributed by atoms with Crippen LogP contribution in [0.4, 0.5) is 0 Å². The molecule has 2 heteroatoms. The van der Waals surface area contributed by atoms with Crippen LogP contribution in [0.15, 0.2) is 0 Å². The van der Waals surface area contributed by atoms with Crippen molar-refractivity contribution < 1.29 is 9.53 Å². The Labute approximate surface area is 37.1 Å². The molecule has 0 aromatic rings. The second-order valence-electron chi connectivity index (χ2n) is 1.04. The molecule has 0 N–H and O–H groups in total. The summed E-state index contributed by atoms with van der Waals surface area (Å²) in [5, 5.41) is 0. The molecule has 0 bridgehead atoms. The number of ether oxygens (including phenoxy) is 1. The molecule has 0 aliphatic rings. The number of rotatable bonds is 2. The van der Waals surface area contributed by atoms with Gasteiger partial charge >= 0.3 is 0 Å². The lowest BCUT2D eigenvalue weighted by atomic mass is 10.5. The van der Waals surface area contributed by atoms with E-state index in [2.05, 4.69) is 11.7 Å². The fraction of sp³-hybridized carbons (Fsp3) is 0.500. The third-order valence-corrected chi connectivity index (χ3v) is 0.288. The summed E-state index contributed by atoms with van der Waals surface area (Å²) in [5.74, 6) is 0. The fourth-order valence-electron chi connectivity index (χ4n) is 0.0948. The molecule has 0 aromatic carbocycles. The zero-order chi connectivity index (χ0) is 4.99. The zero-order valence-electron chi connectivity index (χ0n) is 3.68. The molecule has 0 heterocycles. The highest BCUT2D eigenvalue weighted by Crippen LogP contribution is 1.78. The van der Waals surface area contributed by atoms with E-state index in [1.807, 2.05) is 0 Å². The van der Waals surface area contributed by atoms with Crippen molar-refractivity contribution in [1.82, 2.24) is 0 Å². The van der Waals surface area contributed by atoms with Gasteiger partial charge in [-0.2, -0.15) is 0 Å². The molecular weight excluding hydrogens is 80.0 g/mol. The van der Waals surface area contributed by atoms with Gasteiger partial charge in [-0.05, 0) is 13.8 Å². The van der Waals surface area contributed by atoms with E-state index >= 15 is 0 Å². The number of hydrogen-bond acceptors (Lipinski definition) is 2. The molecule has 0 aliphatic carbocycles. The fourth-order valence-corrected chi connectivity index (χ4v) is 0.0948. The first-order chi connectivity index (χ1) is 2.77. The Balaban J connectivity index is 2.81. The van der Waals surface area contributed by atoms with Gasteiger partial charge in [-0.1, -0.05) is 0 Å². The van der Waals surface area contributed by atoms with Gasteiger partial charge in [-0.15, -0.1) is 0 Å². The van der Waals surface area contributed by atoms with E-state index in [1.165, 1.54) is 0 Å². The normalized spacial score (nSPS) is 8.50. The molecular formula is C4H7O2. The average molecular weight is 87.1 g/mol. The summed E-state index contributed by atoms with van der Waals surface area (Å²) in [6.45, 7) is 5.45. The van der Waals surface area contributed by atoms with Crippen LogP contribution in [-0.2, 0) is 9.53 Å². The topological polar surface area (TPSA) is 26.3 Å². The van der Waals surface area contributed by atoms with Crippen LogP contribution in [0.1, 0.15) is 6.92 Å². The Kier molecular flexibility index (Phi) is 2.46. The van der Waals surface area contributed by atoms with Crippen molar-refractivity contribution in [1.29, 1.82) is 0 Å². The van der Waals surface area contributed by atoms with Gasteiger partial charge in [0.15, 0.2) is 0 Å². The number of carbonyl (C=O) groups is 1. The standard InChI is InChI=1S/C4H7O2/c1-4(2)6-3-5/h3-4H,1H2,2H3. The lowest BCUT2D eigenvalue weighted by Crippen LogP contribution is -1.98. The van der Waals surface area contributed by atoms with Gasteiger partial charge < -0.3 is 4.74 Å². The predicted molar refractivity (Wildman–Crippen MR) is 22.0 cm³/mol. The van der Waals surface area contributed by atoms with Crippen molar-refractivity contribution >= 4 is 6.47 Å². The van der Waals surface area contributed by atoms with Gasteiger partial charge in [0.05, 0.1) is 6.10 Å². The Morgan fingerprint density at radius 3 is 2.50 bits per heavy atom. The van der Waals surface area contributed by atoms with Crippen molar-refractivity contribution in [3.63, 3.8) is 0 Å². The van der Waals surface area contributed by atoms with Crippen LogP contribution in [0.25, 0.3) is 0 Å². The van der Waals surface area contributed by atoms with Crippen LogP contribution in [0.5, 0.6) is 0 Å². The van der Waals surface area contributed by atoms with Crippen molar-refractivity contribution in [2.24, 2.45) is 0 Å². The molecule has 0 aliphatic heterocycles. The second-order valence-corrected chi connectivity index (χ2v) is 1.04. The maximum atomic E-state index is 9.35. The first-order valence-corrected chi connectivity index (χ1v) is 1.69. The molecule has 0 rings (SSSR count). The molecule has 0 amide bonds. The molecule has 1 atom stereocenters. The summed E-state index contributed by atoms with van der Waals surface area (Å²) in [7, 11) is 0. The second kappa shape index (κ2) is 2.69. The SMILES string of the molecule is [CH2]C(C)OC=O. The summed E-state index contributed by atoms with van der Waals surface area (Å²) >= 11 is 0. The zero-order valence-corrected chi connectivity index (χ0v) is 3.68. The van der Waals surface area contributed by atoms with Gasteiger partial charge in [0.1, 0.15) is 0 Å². The largest absolute Gasteiger partial charge is 0.465 e. The van der Waals surface area contributed by atoms with E-state index in [-0.39, 0.29) is 6.10 Å². The molecule has 2 nitrogen and oxygen atoms in total. The Morgan fingerprint density at radius 1 is 2.00 bits per heavy atom. The van der Waals surface area contributed by atoms with Crippen molar-refractivity contribution in [2.75, 3.05) is 0 Å². The van der Waals surface area contributed by atoms with E-state index in [0.29, 0.717) is 6.47 Å². The van der Waals surface area contributed by atoms with Crippen LogP contribution in [0.3, 0.4) is 0 Å².